The van der Waals surface area contributed by atoms with Gasteiger partial charge >= 0.3 is 0 Å². The summed E-state index contributed by atoms with van der Waals surface area (Å²) in [5.74, 6) is 0.0506. The summed E-state index contributed by atoms with van der Waals surface area (Å²) in [4.78, 5) is 25.7. The zero-order valence-corrected chi connectivity index (χ0v) is 17.1. The van der Waals surface area contributed by atoms with Crippen molar-refractivity contribution in [3.05, 3.63) is 80.5 Å². The van der Waals surface area contributed by atoms with Crippen molar-refractivity contribution in [1.82, 2.24) is 4.90 Å². The molecule has 0 bridgehead atoms. The second kappa shape index (κ2) is 8.71. The number of hydrogen-bond acceptors (Lipinski definition) is 4. The lowest BCUT2D eigenvalue weighted by Gasteiger charge is -2.09. The Labute approximate surface area is 174 Å². The Balaban J connectivity index is 1.72. The molecule has 0 unspecified atom stereocenters. The maximum Gasteiger partial charge on any atom is 0.293 e. The molecule has 0 N–H and O–H groups in total. The van der Waals surface area contributed by atoms with Crippen molar-refractivity contribution in [3.63, 3.8) is 0 Å². The van der Waals surface area contributed by atoms with Gasteiger partial charge in [0.2, 0.25) is 0 Å². The minimum atomic E-state index is -0.314. The topological polar surface area (TPSA) is 46.6 Å². The highest BCUT2D eigenvalue weighted by molar-refractivity contribution is 14.1. The van der Waals surface area contributed by atoms with E-state index in [9.17, 15) is 14.0 Å². The molecular weight excluding hydrogens is 480 g/mol. The first-order chi connectivity index (χ1) is 13.0. The molecule has 1 aliphatic heterocycles. The largest absolute Gasteiger partial charge is 0.488 e. The highest BCUT2D eigenvalue weighted by Gasteiger charge is 2.34. The SMILES string of the molecule is C=CCN1C(=O)S/C(=C/c2ccc(OCc3cccc(F)c3)c(I)c2)C1=O. The van der Waals surface area contributed by atoms with Gasteiger partial charge in [-0.25, -0.2) is 4.39 Å². The number of ether oxygens (including phenoxy) is 1. The molecule has 0 atom stereocenters. The third-order valence-electron chi connectivity index (χ3n) is 3.72. The summed E-state index contributed by atoms with van der Waals surface area (Å²) in [7, 11) is 0. The van der Waals surface area contributed by atoms with E-state index >= 15 is 0 Å². The van der Waals surface area contributed by atoms with Gasteiger partial charge in [-0.15, -0.1) is 6.58 Å². The Hall–Kier alpha value is -2.13. The lowest BCUT2D eigenvalue weighted by molar-refractivity contribution is -0.122. The number of nitrogens with zero attached hydrogens (tertiary/aromatic N) is 1. The molecule has 1 fully saturated rings. The van der Waals surface area contributed by atoms with Crippen LogP contribution in [0.25, 0.3) is 6.08 Å². The fraction of sp³-hybridized carbons (Fsp3) is 0.100. The number of imide groups is 1. The van der Waals surface area contributed by atoms with E-state index in [-0.39, 0.29) is 30.1 Å². The number of rotatable bonds is 6. The van der Waals surface area contributed by atoms with E-state index in [1.807, 2.05) is 12.1 Å². The van der Waals surface area contributed by atoms with Crippen molar-refractivity contribution in [2.24, 2.45) is 0 Å². The number of carbonyl (C=O) groups is 2. The predicted molar refractivity (Wildman–Crippen MR) is 113 cm³/mol. The minimum absolute atomic E-state index is 0.201. The third kappa shape index (κ3) is 4.78. The van der Waals surface area contributed by atoms with Crippen molar-refractivity contribution in [2.75, 3.05) is 6.54 Å². The van der Waals surface area contributed by atoms with Crippen molar-refractivity contribution in [3.8, 4) is 5.75 Å². The van der Waals surface area contributed by atoms with E-state index in [2.05, 4.69) is 29.2 Å². The maximum absolute atomic E-state index is 13.2. The minimum Gasteiger partial charge on any atom is -0.488 e. The van der Waals surface area contributed by atoms with Crippen LogP contribution in [0.15, 0.2) is 60.0 Å². The molecule has 1 aliphatic rings. The van der Waals surface area contributed by atoms with Crippen molar-refractivity contribution in [2.45, 2.75) is 6.61 Å². The van der Waals surface area contributed by atoms with Crippen LogP contribution in [0.3, 0.4) is 0 Å². The van der Waals surface area contributed by atoms with Gasteiger partial charge in [0.25, 0.3) is 11.1 Å². The standard InChI is InChI=1S/C20H15FINO3S/c1-2-8-23-19(24)18(27-20(23)25)11-13-6-7-17(16(22)10-13)26-12-14-4-3-5-15(21)9-14/h2-7,9-11H,1,8,12H2/b18-11+. The molecule has 7 heteroatoms. The number of hydrogen-bond donors (Lipinski definition) is 0. The van der Waals surface area contributed by atoms with Gasteiger partial charge in [-0.05, 0) is 75.8 Å². The van der Waals surface area contributed by atoms with Crippen LogP contribution in [0.4, 0.5) is 9.18 Å². The Morgan fingerprint density at radius 3 is 2.74 bits per heavy atom. The summed E-state index contributed by atoms with van der Waals surface area (Å²) in [6.07, 6.45) is 3.21. The van der Waals surface area contributed by atoms with E-state index < -0.39 is 0 Å². The maximum atomic E-state index is 13.2. The van der Waals surface area contributed by atoms with Crippen LogP contribution in [0.5, 0.6) is 5.75 Å². The number of carbonyl (C=O) groups excluding carboxylic acids is 2. The highest BCUT2D eigenvalue weighted by atomic mass is 127. The molecule has 1 saturated heterocycles. The Morgan fingerprint density at radius 1 is 1.22 bits per heavy atom. The molecule has 1 heterocycles. The number of thioether (sulfide) groups is 1. The quantitative estimate of drug-likeness (QED) is 0.313. The molecule has 0 aliphatic carbocycles. The average Bonchev–Trinajstić information content (AvgIpc) is 2.89. The predicted octanol–water partition coefficient (Wildman–Crippen LogP) is 5.23. The van der Waals surface area contributed by atoms with Crippen LogP contribution in [0.2, 0.25) is 0 Å². The van der Waals surface area contributed by atoms with E-state index in [0.717, 1.165) is 31.4 Å². The van der Waals surface area contributed by atoms with Crippen molar-refractivity contribution in [1.29, 1.82) is 0 Å². The molecule has 3 rings (SSSR count). The monoisotopic (exact) mass is 495 g/mol. The van der Waals surface area contributed by atoms with Crippen molar-refractivity contribution >= 4 is 51.6 Å². The normalized spacial score (nSPS) is 15.5. The van der Waals surface area contributed by atoms with Crippen molar-refractivity contribution < 1.29 is 18.7 Å². The summed E-state index contributed by atoms with van der Waals surface area (Å²) < 4.78 is 19.8. The van der Waals surface area contributed by atoms with E-state index in [0.29, 0.717) is 10.7 Å². The molecular formula is C20H15FINO3S. The van der Waals surface area contributed by atoms with Crippen LogP contribution in [0.1, 0.15) is 11.1 Å². The summed E-state index contributed by atoms with van der Waals surface area (Å²) >= 11 is 3.06. The van der Waals surface area contributed by atoms with E-state index in [4.69, 9.17) is 4.74 Å². The lowest BCUT2D eigenvalue weighted by atomic mass is 10.2. The molecule has 4 nitrogen and oxygen atoms in total. The zero-order valence-electron chi connectivity index (χ0n) is 14.2. The molecule has 0 radical (unpaired) electrons. The zero-order chi connectivity index (χ0) is 19.4. The Kier molecular flexibility index (Phi) is 6.33. The lowest BCUT2D eigenvalue weighted by Crippen LogP contribution is -2.27. The van der Waals surface area contributed by atoms with Gasteiger partial charge in [0.1, 0.15) is 18.2 Å². The number of amides is 2. The van der Waals surface area contributed by atoms with Crippen LogP contribution >= 0.6 is 34.4 Å². The van der Waals surface area contributed by atoms with Crippen LogP contribution in [-0.2, 0) is 11.4 Å². The van der Waals surface area contributed by atoms with Crippen LogP contribution in [0, 0.1) is 9.39 Å². The second-order valence-electron chi connectivity index (χ2n) is 5.69. The van der Waals surface area contributed by atoms with Gasteiger partial charge in [0.05, 0.1) is 8.48 Å². The smallest absolute Gasteiger partial charge is 0.293 e. The summed E-state index contributed by atoms with van der Waals surface area (Å²) in [5.41, 5.74) is 1.53. The molecule has 27 heavy (non-hydrogen) atoms. The molecule has 0 spiro atoms. The summed E-state index contributed by atoms with van der Waals surface area (Å²) in [6, 6.07) is 11.7. The Bertz CT molecular complexity index is 945. The summed E-state index contributed by atoms with van der Waals surface area (Å²) in [6.45, 7) is 4.02. The first kappa shape index (κ1) is 19.6. The van der Waals surface area contributed by atoms with Gasteiger partial charge in [-0.2, -0.15) is 0 Å². The van der Waals surface area contributed by atoms with E-state index in [1.54, 1.807) is 24.3 Å². The average molecular weight is 495 g/mol. The molecule has 2 aromatic carbocycles. The molecule has 138 valence electrons. The van der Waals surface area contributed by atoms with Crippen LogP contribution < -0.4 is 4.74 Å². The fourth-order valence-corrected chi connectivity index (χ4v) is 3.99. The number of benzene rings is 2. The molecule has 2 amide bonds. The molecule has 0 aromatic heterocycles. The van der Waals surface area contributed by atoms with Gasteiger partial charge in [0, 0.05) is 6.54 Å². The Morgan fingerprint density at radius 2 is 2.04 bits per heavy atom. The van der Waals surface area contributed by atoms with E-state index in [1.165, 1.54) is 18.2 Å². The third-order valence-corrected chi connectivity index (χ3v) is 5.47. The summed E-state index contributed by atoms with van der Waals surface area (Å²) in [5, 5.41) is -0.295. The van der Waals surface area contributed by atoms with Gasteiger partial charge in [-0.1, -0.05) is 24.3 Å². The fourth-order valence-electron chi connectivity index (χ4n) is 2.45. The first-order valence-electron chi connectivity index (χ1n) is 8.01. The first-order valence-corrected chi connectivity index (χ1v) is 9.90. The van der Waals surface area contributed by atoms with Crippen LogP contribution in [-0.4, -0.2) is 22.6 Å². The van der Waals surface area contributed by atoms with Gasteiger partial charge in [-0.3, -0.25) is 14.5 Å². The van der Waals surface area contributed by atoms with Gasteiger partial charge < -0.3 is 4.74 Å². The second-order valence-corrected chi connectivity index (χ2v) is 7.84. The number of halogens is 2. The highest BCUT2D eigenvalue weighted by Crippen LogP contribution is 2.33. The molecule has 2 aromatic rings. The molecule has 0 saturated carbocycles. The van der Waals surface area contributed by atoms with Gasteiger partial charge in [0.15, 0.2) is 0 Å².